The lowest BCUT2D eigenvalue weighted by molar-refractivity contribution is -0.126. The summed E-state index contributed by atoms with van der Waals surface area (Å²) in [4.78, 5) is 14.2. The van der Waals surface area contributed by atoms with Crippen LogP contribution in [-0.4, -0.2) is 44.0 Å². The SMILES string of the molecule is CC(CCN(C)C)NC(=O)C1CCCC1CN. The first-order chi connectivity index (χ1) is 8.04. The number of nitrogens with zero attached hydrogens (tertiary/aromatic N) is 1. The van der Waals surface area contributed by atoms with Crippen molar-refractivity contribution in [3.8, 4) is 0 Å². The van der Waals surface area contributed by atoms with Crippen molar-refractivity contribution in [3.63, 3.8) is 0 Å². The van der Waals surface area contributed by atoms with Crippen molar-refractivity contribution in [1.29, 1.82) is 0 Å². The zero-order valence-corrected chi connectivity index (χ0v) is 11.4. The summed E-state index contributed by atoms with van der Waals surface area (Å²) in [6.07, 6.45) is 4.26. The number of carbonyl (C=O) groups is 1. The number of carbonyl (C=O) groups excluding carboxylic acids is 1. The summed E-state index contributed by atoms with van der Waals surface area (Å²) < 4.78 is 0. The Hall–Kier alpha value is -0.610. The first-order valence-corrected chi connectivity index (χ1v) is 6.69. The maximum atomic E-state index is 12.1. The third-order valence-corrected chi connectivity index (χ3v) is 3.70. The highest BCUT2D eigenvalue weighted by Gasteiger charge is 2.32. The third-order valence-electron chi connectivity index (χ3n) is 3.70. The van der Waals surface area contributed by atoms with Crippen molar-refractivity contribution in [2.75, 3.05) is 27.2 Å². The standard InChI is InChI=1S/C13H27N3O/c1-10(7-8-16(2)3)15-13(17)12-6-4-5-11(12)9-14/h10-12H,4-9,14H2,1-3H3,(H,15,17). The molecule has 4 nitrogen and oxygen atoms in total. The van der Waals surface area contributed by atoms with E-state index in [0.717, 1.165) is 32.2 Å². The largest absolute Gasteiger partial charge is 0.353 e. The average Bonchev–Trinajstić information content (AvgIpc) is 2.74. The van der Waals surface area contributed by atoms with Gasteiger partial charge in [-0.05, 0) is 59.3 Å². The average molecular weight is 241 g/mol. The van der Waals surface area contributed by atoms with Gasteiger partial charge in [0.15, 0.2) is 0 Å². The summed E-state index contributed by atoms with van der Waals surface area (Å²) in [5.74, 6) is 0.766. The summed E-state index contributed by atoms with van der Waals surface area (Å²) in [5, 5.41) is 3.12. The Balaban J connectivity index is 2.32. The van der Waals surface area contributed by atoms with Gasteiger partial charge in [0.1, 0.15) is 0 Å². The van der Waals surface area contributed by atoms with E-state index >= 15 is 0 Å². The smallest absolute Gasteiger partial charge is 0.223 e. The fourth-order valence-electron chi connectivity index (χ4n) is 2.54. The molecule has 0 aliphatic heterocycles. The summed E-state index contributed by atoms with van der Waals surface area (Å²) in [6, 6.07) is 0.254. The number of nitrogens with two attached hydrogens (primary N) is 1. The Kier molecular flexibility index (Phi) is 5.92. The van der Waals surface area contributed by atoms with Gasteiger partial charge in [-0.25, -0.2) is 0 Å². The Morgan fingerprint density at radius 2 is 2.18 bits per heavy atom. The lowest BCUT2D eigenvalue weighted by Gasteiger charge is -2.21. The minimum Gasteiger partial charge on any atom is -0.353 e. The van der Waals surface area contributed by atoms with E-state index in [9.17, 15) is 4.79 Å². The number of amides is 1. The summed E-state index contributed by atoms with van der Waals surface area (Å²) in [5.41, 5.74) is 5.70. The highest BCUT2D eigenvalue weighted by atomic mass is 16.2. The van der Waals surface area contributed by atoms with Gasteiger partial charge in [0.05, 0.1) is 0 Å². The molecule has 0 bridgehead atoms. The molecule has 1 saturated carbocycles. The molecule has 100 valence electrons. The van der Waals surface area contributed by atoms with Crippen LogP contribution in [0.5, 0.6) is 0 Å². The topological polar surface area (TPSA) is 58.4 Å². The van der Waals surface area contributed by atoms with Gasteiger partial charge in [-0.1, -0.05) is 6.42 Å². The first-order valence-electron chi connectivity index (χ1n) is 6.69. The minimum atomic E-state index is 0.154. The first kappa shape index (κ1) is 14.5. The van der Waals surface area contributed by atoms with Crippen molar-refractivity contribution >= 4 is 5.91 Å². The molecule has 0 aromatic heterocycles. The normalized spacial score (nSPS) is 26.2. The fourth-order valence-corrected chi connectivity index (χ4v) is 2.54. The van der Waals surface area contributed by atoms with E-state index in [1.54, 1.807) is 0 Å². The highest BCUT2D eigenvalue weighted by Crippen LogP contribution is 2.31. The van der Waals surface area contributed by atoms with Crippen LogP contribution >= 0.6 is 0 Å². The molecule has 0 saturated heterocycles. The second kappa shape index (κ2) is 6.97. The van der Waals surface area contributed by atoms with Crippen LogP contribution in [0.4, 0.5) is 0 Å². The molecule has 0 aromatic carbocycles. The van der Waals surface area contributed by atoms with Gasteiger partial charge in [0.2, 0.25) is 5.91 Å². The van der Waals surface area contributed by atoms with Crippen molar-refractivity contribution < 1.29 is 4.79 Å². The molecule has 17 heavy (non-hydrogen) atoms. The van der Waals surface area contributed by atoms with E-state index in [0.29, 0.717) is 12.5 Å². The Morgan fingerprint density at radius 3 is 2.76 bits per heavy atom. The molecule has 3 atom stereocenters. The van der Waals surface area contributed by atoms with Gasteiger partial charge in [0, 0.05) is 12.0 Å². The summed E-state index contributed by atoms with van der Waals surface area (Å²) >= 11 is 0. The molecule has 1 fully saturated rings. The van der Waals surface area contributed by atoms with Crippen LogP contribution in [0.25, 0.3) is 0 Å². The Bertz CT molecular complexity index is 243. The molecule has 0 radical (unpaired) electrons. The van der Waals surface area contributed by atoms with Gasteiger partial charge in [-0.2, -0.15) is 0 Å². The van der Waals surface area contributed by atoms with Gasteiger partial charge in [-0.3, -0.25) is 4.79 Å². The molecule has 1 aliphatic rings. The molecule has 0 aromatic rings. The van der Waals surface area contributed by atoms with Crippen LogP contribution in [0.15, 0.2) is 0 Å². The van der Waals surface area contributed by atoms with E-state index in [1.807, 2.05) is 0 Å². The summed E-state index contributed by atoms with van der Waals surface area (Å²) in [6.45, 7) is 3.73. The number of hydrogen-bond acceptors (Lipinski definition) is 3. The molecule has 4 heteroatoms. The van der Waals surface area contributed by atoms with Crippen LogP contribution in [0, 0.1) is 11.8 Å². The highest BCUT2D eigenvalue weighted by molar-refractivity contribution is 5.79. The van der Waals surface area contributed by atoms with Crippen LogP contribution in [0.3, 0.4) is 0 Å². The van der Waals surface area contributed by atoms with E-state index in [2.05, 4.69) is 31.2 Å². The van der Waals surface area contributed by atoms with Gasteiger partial charge in [-0.15, -0.1) is 0 Å². The number of nitrogens with one attached hydrogen (secondary N) is 1. The fraction of sp³-hybridized carbons (Fsp3) is 0.923. The zero-order chi connectivity index (χ0) is 12.8. The number of hydrogen-bond donors (Lipinski definition) is 2. The van der Waals surface area contributed by atoms with E-state index < -0.39 is 0 Å². The Labute approximate surface area is 105 Å². The molecular weight excluding hydrogens is 214 g/mol. The van der Waals surface area contributed by atoms with Crippen LogP contribution in [0.1, 0.15) is 32.6 Å². The predicted octanol–water partition coefficient (Wildman–Crippen LogP) is 0.818. The van der Waals surface area contributed by atoms with Crippen LogP contribution in [0.2, 0.25) is 0 Å². The van der Waals surface area contributed by atoms with Crippen LogP contribution < -0.4 is 11.1 Å². The van der Waals surface area contributed by atoms with Gasteiger partial charge < -0.3 is 16.0 Å². The molecule has 1 rings (SSSR count). The predicted molar refractivity (Wildman–Crippen MR) is 70.7 cm³/mol. The van der Waals surface area contributed by atoms with Crippen molar-refractivity contribution in [1.82, 2.24) is 10.2 Å². The van der Waals surface area contributed by atoms with Crippen molar-refractivity contribution in [3.05, 3.63) is 0 Å². The van der Waals surface area contributed by atoms with E-state index in [4.69, 9.17) is 5.73 Å². The lowest BCUT2D eigenvalue weighted by atomic mass is 9.95. The maximum Gasteiger partial charge on any atom is 0.223 e. The van der Waals surface area contributed by atoms with Crippen molar-refractivity contribution in [2.24, 2.45) is 17.6 Å². The van der Waals surface area contributed by atoms with E-state index in [1.165, 1.54) is 0 Å². The Morgan fingerprint density at radius 1 is 1.47 bits per heavy atom. The number of rotatable bonds is 6. The monoisotopic (exact) mass is 241 g/mol. The van der Waals surface area contributed by atoms with Gasteiger partial charge >= 0.3 is 0 Å². The van der Waals surface area contributed by atoms with Gasteiger partial charge in [0.25, 0.3) is 0 Å². The molecule has 0 spiro atoms. The quantitative estimate of drug-likeness (QED) is 0.724. The molecule has 1 aliphatic carbocycles. The molecule has 3 N–H and O–H groups in total. The maximum absolute atomic E-state index is 12.1. The molecular formula is C13H27N3O. The summed E-state index contributed by atoms with van der Waals surface area (Å²) in [7, 11) is 4.10. The lowest BCUT2D eigenvalue weighted by Crippen LogP contribution is -2.40. The minimum absolute atomic E-state index is 0.154. The third kappa shape index (κ3) is 4.64. The van der Waals surface area contributed by atoms with Crippen LogP contribution in [-0.2, 0) is 4.79 Å². The molecule has 0 heterocycles. The second-order valence-electron chi connectivity index (χ2n) is 5.53. The van der Waals surface area contributed by atoms with E-state index in [-0.39, 0.29) is 17.9 Å². The molecule has 3 unspecified atom stereocenters. The molecule has 1 amide bonds. The second-order valence-corrected chi connectivity index (χ2v) is 5.53. The van der Waals surface area contributed by atoms with Crippen molar-refractivity contribution in [2.45, 2.75) is 38.6 Å². The zero-order valence-electron chi connectivity index (χ0n) is 11.4.